The number of piperazine rings is 1. The van der Waals surface area contributed by atoms with E-state index in [9.17, 15) is 14.7 Å². The molecule has 1 aliphatic heterocycles. The van der Waals surface area contributed by atoms with Crippen molar-refractivity contribution < 1.29 is 24.2 Å². The van der Waals surface area contributed by atoms with Crippen LogP contribution in [0, 0.1) is 0 Å². The van der Waals surface area contributed by atoms with Crippen molar-refractivity contribution in [3.8, 4) is 11.3 Å². The number of nitrogens with zero attached hydrogens (tertiary/aromatic N) is 5. The van der Waals surface area contributed by atoms with Crippen LogP contribution < -0.4 is 0 Å². The van der Waals surface area contributed by atoms with Crippen LogP contribution in [0.3, 0.4) is 0 Å². The lowest BCUT2D eigenvalue weighted by Crippen LogP contribution is -2.58. The molecule has 2 aliphatic rings. The molecule has 48 heavy (non-hydrogen) atoms. The Labute approximate surface area is 285 Å². The van der Waals surface area contributed by atoms with Crippen LogP contribution in [0.1, 0.15) is 75.0 Å². The molecule has 2 aromatic carbocycles. The van der Waals surface area contributed by atoms with Gasteiger partial charge in [0, 0.05) is 31.8 Å². The van der Waals surface area contributed by atoms with Gasteiger partial charge in [0.2, 0.25) is 0 Å². The van der Waals surface area contributed by atoms with E-state index in [-0.39, 0.29) is 30.7 Å². The zero-order chi connectivity index (χ0) is 34.3. The molecule has 0 radical (unpaired) electrons. The number of carbonyl (C=O) groups is 2. The van der Waals surface area contributed by atoms with Crippen LogP contribution in [0.25, 0.3) is 11.3 Å². The Morgan fingerprint density at radius 2 is 1.73 bits per heavy atom. The first-order valence-corrected chi connectivity index (χ1v) is 17.3. The molecule has 1 N–H and O–H groups in total. The van der Waals surface area contributed by atoms with Gasteiger partial charge in [-0.05, 0) is 72.7 Å². The Bertz CT molecular complexity index is 1490. The Hall–Kier alpha value is -3.73. The van der Waals surface area contributed by atoms with Gasteiger partial charge in [0.25, 0.3) is 5.91 Å². The largest absolute Gasteiger partial charge is 0.444 e. The third kappa shape index (κ3) is 8.84. The van der Waals surface area contributed by atoms with Gasteiger partial charge in [-0.2, -0.15) is 0 Å². The third-order valence-electron chi connectivity index (χ3n) is 9.29. The minimum Gasteiger partial charge on any atom is -0.444 e. The summed E-state index contributed by atoms with van der Waals surface area (Å²) in [7, 11) is 4.08. The number of imidazole rings is 1. The Balaban J connectivity index is 1.46. The van der Waals surface area contributed by atoms with Crippen molar-refractivity contribution >= 4 is 12.0 Å². The fourth-order valence-corrected chi connectivity index (χ4v) is 6.95. The van der Waals surface area contributed by atoms with Crippen molar-refractivity contribution in [1.29, 1.82) is 0 Å². The van der Waals surface area contributed by atoms with Gasteiger partial charge in [-0.1, -0.05) is 73.5 Å². The number of hydrogen-bond donors (Lipinski definition) is 1. The molecule has 1 saturated carbocycles. The molecule has 2 fully saturated rings. The Kier molecular flexibility index (Phi) is 11.6. The standard InChI is InChI=1S/C38H53N5O5/c1-37(2,3)48-36(45)41-22-23-42(31(26-41)25-29-15-8-6-9-16-29)35(44)33-34(30-17-10-7-11-18-30)43(28-39-33)32-19-12-13-20-38(32,46)27-47-24-14-21-40(4)5/h6-11,15-18,28,31-32,46H,12-14,19-27H2,1-5H3/t31-,32+,38+/m1/s1. The summed E-state index contributed by atoms with van der Waals surface area (Å²) in [6, 6.07) is 19.3. The number of carbonyl (C=O) groups excluding carboxylic acids is 2. The van der Waals surface area contributed by atoms with Gasteiger partial charge in [-0.25, -0.2) is 9.78 Å². The molecule has 2 amide bonds. The maximum atomic E-state index is 14.7. The highest BCUT2D eigenvalue weighted by Crippen LogP contribution is 2.41. The molecular weight excluding hydrogens is 606 g/mol. The summed E-state index contributed by atoms with van der Waals surface area (Å²) in [6.45, 7) is 8.37. The van der Waals surface area contributed by atoms with Crippen molar-refractivity contribution in [1.82, 2.24) is 24.3 Å². The Morgan fingerprint density at radius 3 is 2.42 bits per heavy atom. The monoisotopic (exact) mass is 659 g/mol. The molecule has 260 valence electrons. The highest BCUT2D eigenvalue weighted by Gasteiger charge is 2.43. The van der Waals surface area contributed by atoms with Crippen LogP contribution >= 0.6 is 0 Å². The molecule has 5 rings (SSSR count). The molecule has 10 nitrogen and oxygen atoms in total. The zero-order valence-electron chi connectivity index (χ0n) is 29.3. The first-order valence-electron chi connectivity index (χ1n) is 17.3. The molecule has 2 heterocycles. The summed E-state index contributed by atoms with van der Waals surface area (Å²) in [5, 5.41) is 12.1. The van der Waals surface area contributed by atoms with E-state index in [4.69, 9.17) is 14.5 Å². The molecule has 0 bridgehead atoms. The highest BCUT2D eigenvalue weighted by molar-refractivity contribution is 5.98. The average molecular weight is 660 g/mol. The van der Waals surface area contributed by atoms with E-state index >= 15 is 0 Å². The van der Waals surface area contributed by atoms with Crippen molar-refractivity contribution in [2.75, 3.05) is 53.5 Å². The number of hydrogen-bond acceptors (Lipinski definition) is 7. The van der Waals surface area contributed by atoms with Gasteiger partial charge in [0.05, 0.1) is 30.7 Å². The van der Waals surface area contributed by atoms with Crippen molar-refractivity contribution in [2.24, 2.45) is 0 Å². The van der Waals surface area contributed by atoms with E-state index in [0.29, 0.717) is 50.5 Å². The van der Waals surface area contributed by atoms with Gasteiger partial charge < -0.3 is 33.8 Å². The van der Waals surface area contributed by atoms with E-state index in [1.165, 1.54) is 0 Å². The molecular formula is C38H53N5O5. The van der Waals surface area contributed by atoms with Gasteiger partial charge in [0.1, 0.15) is 11.2 Å². The number of rotatable bonds is 11. The third-order valence-corrected chi connectivity index (χ3v) is 9.29. The second-order valence-corrected chi connectivity index (χ2v) is 14.6. The van der Waals surface area contributed by atoms with Gasteiger partial charge in [-0.3, -0.25) is 4.79 Å². The molecule has 0 unspecified atom stereocenters. The van der Waals surface area contributed by atoms with E-state index in [1.54, 1.807) is 11.2 Å². The van der Waals surface area contributed by atoms with Crippen molar-refractivity contribution in [2.45, 2.75) is 82.6 Å². The van der Waals surface area contributed by atoms with Gasteiger partial charge >= 0.3 is 6.09 Å². The van der Waals surface area contributed by atoms with Crippen LogP contribution in [-0.2, 0) is 15.9 Å². The maximum Gasteiger partial charge on any atom is 0.410 e. The molecule has 10 heteroatoms. The van der Waals surface area contributed by atoms with Gasteiger partial charge in [-0.15, -0.1) is 0 Å². The molecule has 3 atom stereocenters. The van der Waals surface area contributed by atoms with Crippen LogP contribution in [0.15, 0.2) is 67.0 Å². The average Bonchev–Trinajstić information content (AvgIpc) is 3.49. The second kappa shape index (κ2) is 15.7. The number of benzene rings is 2. The minimum absolute atomic E-state index is 0.184. The SMILES string of the molecule is CN(C)CCCOC[C@@]1(O)CCCC[C@@H]1n1cnc(C(=O)N2CCN(C(=O)OC(C)(C)C)C[C@H]2Cc2ccccc2)c1-c1ccccc1. The molecule has 0 spiro atoms. The van der Waals surface area contributed by atoms with E-state index < -0.39 is 11.2 Å². The molecule has 3 aromatic rings. The van der Waals surface area contributed by atoms with E-state index in [2.05, 4.69) is 4.90 Å². The van der Waals surface area contributed by atoms with E-state index in [1.807, 2.05) is 105 Å². The number of ether oxygens (including phenoxy) is 2. The van der Waals surface area contributed by atoms with Gasteiger partial charge in [0.15, 0.2) is 5.69 Å². The molecule has 1 aromatic heterocycles. The summed E-state index contributed by atoms with van der Waals surface area (Å²) in [4.78, 5) is 38.3. The second-order valence-electron chi connectivity index (χ2n) is 14.6. The normalized spacial score (nSPS) is 21.8. The lowest BCUT2D eigenvalue weighted by Gasteiger charge is -2.42. The minimum atomic E-state index is -1.09. The fraction of sp³-hybridized carbons (Fsp3) is 0.553. The fourth-order valence-electron chi connectivity index (χ4n) is 6.95. The van der Waals surface area contributed by atoms with Crippen LogP contribution in [0.4, 0.5) is 4.79 Å². The summed E-state index contributed by atoms with van der Waals surface area (Å²) < 4.78 is 13.8. The smallest absolute Gasteiger partial charge is 0.410 e. The van der Waals surface area contributed by atoms with Crippen molar-refractivity contribution in [3.05, 3.63) is 78.2 Å². The zero-order valence-corrected chi connectivity index (χ0v) is 29.3. The lowest BCUT2D eigenvalue weighted by molar-refractivity contribution is -0.0996. The summed E-state index contributed by atoms with van der Waals surface area (Å²) in [5.74, 6) is -0.184. The quantitative estimate of drug-likeness (QED) is 0.265. The Morgan fingerprint density at radius 1 is 1.02 bits per heavy atom. The summed E-state index contributed by atoms with van der Waals surface area (Å²) in [6.07, 6.45) is 6.08. The predicted molar refractivity (Wildman–Crippen MR) is 187 cm³/mol. The topological polar surface area (TPSA) is 100 Å². The number of aromatic nitrogens is 2. The molecule has 1 aliphatic carbocycles. The van der Waals surface area contributed by atoms with Crippen molar-refractivity contribution in [3.63, 3.8) is 0 Å². The molecule has 1 saturated heterocycles. The van der Waals surface area contributed by atoms with Crippen LogP contribution in [0.5, 0.6) is 0 Å². The first kappa shape index (κ1) is 35.6. The highest BCUT2D eigenvalue weighted by atomic mass is 16.6. The predicted octanol–water partition coefficient (Wildman–Crippen LogP) is 5.67. The number of aliphatic hydroxyl groups is 1. The maximum absolute atomic E-state index is 14.7. The number of amides is 2. The summed E-state index contributed by atoms with van der Waals surface area (Å²) >= 11 is 0. The first-order chi connectivity index (χ1) is 22.9. The van der Waals surface area contributed by atoms with Crippen LogP contribution in [0.2, 0.25) is 0 Å². The summed E-state index contributed by atoms with van der Waals surface area (Å²) in [5.41, 5.74) is 1.30. The van der Waals surface area contributed by atoms with E-state index in [0.717, 1.165) is 43.4 Å². The lowest BCUT2D eigenvalue weighted by atomic mass is 9.80. The van der Waals surface area contributed by atoms with Crippen LogP contribution in [-0.4, -0.2) is 112 Å².